The van der Waals surface area contributed by atoms with E-state index < -0.39 is 10.0 Å². The predicted octanol–water partition coefficient (Wildman–Crippen LogP) is -0.570. The highest BCUT2D eigenvalue weighted by Gasteiger charge is 2.53. The number of fused-ring (bicyclic) bond motifs is 1. The molecule has 0 aromatic heterocycles. The third-order valence-electron chi connectivity index (χ3n) is 3.91. The summed E-state index contributed by atoms with van der Waals surface area (Å²) < 4.78 is 31.8. The van der Waals surface area contributed by atoms with Crippen molar-refractivity contribution >= 4 is 10.0 Å². The van der Waals surface area contributed by atoms with E-state index >= 15 is 0 Å². The van der Waals surface area contributed by atoms with Crippen LogP contribution in [0.2, 0.25) is 0 Å². The Balaban J connectivity index is 1.61. The Labute approximate surface area is 95.8 Å². The summed E-state index contributed by atoms with van der Waals surface area (Å²) in [6.45, 7) is 0.712. The van der Waals surface area contributed by atoms with Crippen LogP contribution in [0.25, 0.3) is 0 Å². The van der Waals surface area contributed by atoms with Crippen molar-refractivity contribution in [3.63, 3.8) is 0 Å². The first kappa shape index (κ1) is 11.0. The van der Waals surface area contributed by atoms with E-state index in [0.29, 0.717) is 18.4 Å². The summed E-state index contributed by atoms with van der Waals surface area (Å²) in [5, 5.41) is 0. The van der Waals surface area contributed by atoms with Gasteiger partial charge in [-0.2, -0.15) is 0 Å². The van der Waals surface area contributed by atoms with Crippen LogP contribution in [-0.4, -0.2) is 39.0 Å². The van der Waals surface area contributed by atoms with Gasteiger partial charge >= 0.3 is 0 Å². The van der Waals surface area contributed by atoms with Gasteiger partial charge in [0.15, 0.2) is 0 Å². The van der Waals surface area contributed by atoms with Crippen LogP contribution in [0.1, 0.15) is 19.3 Å². The van der Waals surface area contributed by atoms with Crippen LogP contribution in [0.5, 0.6) is 0 Å². The second-order valence-corrected chi connectivity index (χ2v) is 7.03. The number of ether oxygens (including phenoxy) is 1. The maximum atomic E-state index is 11.8. The van der Waals surface area contributed by atoms with E-state index in [-0.39, 0.29) is 23.9 Å². The minimum absolute atomic E-state index is 0.0176. The number of hydrogen-bond donors (Lipinski definition) is 2. The van der Waals surface area contributed by atoms with Crippen LogP contribution < -0.4 is 10.5 Å². The Morgan fingerprint density at radius 1 is 1.31 bits per heavy atom. The summed E-state index contributed by atoms with van der Waals surface area (Å²) >= 11 is 0. The molecule has 1 saturated heterocycles. The Morgan fingerprint density at radius 3 is 2.75 bits per heavy atom. The lowest BCUT2D eigenvalue weighted by Crippen LogP contribution is -2.69. The molecule has 4 atom stereocenters. The zero-order valence-corrected chi connectivity index (χ0v) is 9.95. The molecule has 3 rings (SSSR count). The van der Waals surface area contributed by atoms with Crippen LogP contribution in [0.4, 0.5) is 0 Å². The van der Waals surface area contributed by atoms with Crippen molar-refractivity contribution in [2.24, 2.45) is 17.6 Å². The maximum Gasteiger partial charge on any atom is 0.212 e. The monoisotopic (exact) mass is 246 g/mol. The van der Waals surface area contributed by atoms with Gasteiger partial charge in [0.05, 0.1) is 17.9 Å². The third-order valence-corrected chi connectivity index (χ3v) is 5.46. The molecule has 5 nitrogen and oxygen atoms in total. The quantitative estimate of drug-likeness (QED) is 0.696. The van der Waals surface area contributed by atoms with Crippen molar-refractivity contribution in [3.05, 3.63) is 0 Å². The highest BCUT2D eigenvalue weighted by molar-refractivity contribution is 7.89. The first-order valence-corrected chi connectivity index (χ1v) is 7.59. The molecule has 4 unspecified atom stereocenters. The molecule has 0 bridgehead atoms. The highest BCUT2D eigenvalue weighted by atomic mass is 32.2. The molecule has 3 aliphatic rings. The van der Waals surface area contributed by atoms with Gasteiger partial charge in [-0.15, -0.1) is 0 Å². The zero-order valence-electron chi connectivity index (χ0n) is 9.13. The van der Waals surface area contributed by atoms with Crippen LogP contribution in [0.15, 0.2) is 0 Å². The van der Waals surface area contributed by atoms with Gasteiger partial charge in [-0.3, -0.25) is 0 Å². The van der Waals surface area contributed by atoms with E-state index in [1.54, 1.807) is 0 Å². The minimum atomic E-state index is -3.16. The molecule has 6 heteroatoms. The summed E-state index contributed by atoms with van der Waals surface area (Å²) in [4.78, 5) is 0. The molecular formula is C10H18N2O3S. The molecule has 3 N–H and O–H groups in total. The summed E-state index contributed by atoms with van der Waals surface area (Å²) in [7, 11) is -3.16. The number of nitrogens with two attached hydrogens (primary N) is 1. The number of nitrogens with one attached hydrogen (secondary N) is 1. The van der Waals surface area contributed by atoms with Gasteiger partial charge < -0.3 is 10.5 Å². The predicted molar refractivity (Wildman–Crippen MR) is 59.3 cm³/mol. The summed E-state index contributed by atoms with van der Waals surface area (Å²) in [6.07, 6.45) is 3.07. The van der Waals surface area contributed by atoms with E-state index in [1.807, 2.05) is 0 Å². The molecule has 1 aliphatic heterocycles. The third kappa shape index (κ3) is 1.88. The van der Waals surface area contributed by atoms with E-state index in [0.717, 1.165) is 19.3 Å². The molecule has 0 aromatic carbocycles. The second-order valence-electron chi connectivity index (χ2n) is 5.23. The summed E-state index contributed by atoms with van der Waals surface area (Å²) in [5.41, 5.74) is 5.95. The first-order valence-electron chi connectivity index (χ1n) is 5.94. The van der Waals surface area contributed by atoms with Crippen LogP contribution in [-0.2, 0) is 14.8 Å². The van der Waals surface area contributed by atoms with E-state index in [2.05, 4.69) is 4.72 Å². The maximum absolute atomic E-state index is 11.8. The number of hydrogen-bond acceptors (Lipinski definition) is 4. The molecule has 0 radical (unpaired) electrons. The summed E-state index contributed by atoms with van der Waals surface area (Å²) in [5.74, 6) is 0.982. The fourth-order valence-electron chi connectivity index (χ4n) is 2.75. The van der Waals surface area contributed by atoms with Crippen molar-refractivity contribution in [1.29, 1.82) is 0 Å². The number of rotatable bonds is 4. The Bertz CT molecular complexity index is 380. The Hall–Kier alpha value is -0.170. The SMILES string of the molecule is NC1C2CCOC2C1NS(=O)(=O)CC1CC1. The molecule has 0 aromatic rings. The lowest BCUT2D eigenvalue weighted by atomic mass is 9.73. The van der Waals surface area contributed by atoms with Gasteiger partial charge in [-0.1, -0.05) is 0 Å². The molecule has 0 amide bonds. The zero-order chi connectivity index (χ0) is 11.3. The van der Waals surface area contributed by atoms with Crippen molar-refractivity contribution in [2.45, 2.75) is 37.5 Å². The molecule has 1 heterocycles. The van der Waals surface area contributed by atoms with E-state index in [1.165, 1.54) is 0 Å². The van der Waals surface area contributed by atoms with E-state index in [9.17, 15) is 8.42 Å². The van der Waals surface area contributed by atoms with Gasteiger partial charge in [0, 0.05) is 18.6 Å². The number of sulfonamides is 1. The lowest BCUT2D eigenvalue weighted by molar-refractivity contribution is -0.00924. The Kier molecular flexibility index (Phi) is 2.51. The Morgan fingerprint density at radius 2 is 2.06 bits per heavy atom. The first-order chi connectivity index (χ1) is 7.57. The molecule has 2 aliphatic carbocycles. The molecule has 92 valence electrons. The van der Waals surface area contributed by atoms with Crippen molar-refractivity contribution in [2.75, 3.05) is 12.4 Å². The van der Waals surface area contributed by atoms with Gasteiger partial charge in [0.1, 0.15) is 0 Å². The molecule has 2 saturated carbocycles. The topological polar surface area (TPSA) is 81.4 Å². The van der Waals surface area contributed by atoms with Crippen molar-refractivity contribution < 1.29 is 13.2 Å². The second kappa shape index (κ2) is 3.66. The van der Waals surface area contributed by atoms with Crippen LogP contribution in [0.3, 0.4) is 0 Å². The minimum Gasteiger partial charge on any atom is -0.376 e. The summed E-state index contributed by atoms with van der Waals surface area (Å²) in [6, 6.07) is -0.266. The molecular weight excluding hydrogens is 228 g/mol. The highest BCUT2D eigenvalue weighted by Crippen LogP contribution is 2.38. The molecule has 3 fully saturated rings. The average molecular weight is 246 g/mol. The fourth-order valence-corrected chi connectivity index (χ4v) is 4.50. The largest absolute Gasteiger partial charge is 0.376 e. The fraction of sp³-hybridized carbons (Fsp3) is 1.00. The van der Waals surface area contributed by atoms with E-state index in [4.69, 9.17) is 10.5 Å². The van der Waals surface area contributed by atoms with Gasteiger partial charge in [0.25, 0.3) is 0 Å². The van der Waals surface area contributed by atoms with Gasteiger partial charge in [0.2, 0.25) is 10.0 Å². The smallest absolute Gasteiger partial charge is 0.212 e. The van der Waals surface area contributed by atoms with Gasteiger partial charge in [-0.25, -0.2) is 13.1 Å². The van der Waals surface area contributed by atoms with Gasteiger partial charge in [-0.05, 0) is 25.2 Å². The van der Waals surface area contributed by atoms with Crippen molar-refractivity contribution in [3.8, 4) is 0 Å². The van der Waals surface area contributed by atoms with Crippen LogP contribution >= 0.6 is 0 Å². The lowest BCUT2D eigenvalue weighted by Gasteiger charge is -2.45. The molecule has 0 spiro atoms. The standard InChI is InChI=1S/C10H18N2O3S/c11-8-7-3-4-15-10(7)9(8)12-16(13,14)5-6-1-2-6/h6-10,12H,1-5,11H2. The average Bonchev–Trinajstić information content (AvgIpc) is 2.90. The molecule has 16 heavy (non-hydrogen) atoms. The van der Waals surface area contributed by atoms with Crippen LogP contribution in [0, 0.1) is 11.8 Å². The van der Waals surface area contributed by atoms with Crippen molar-refractivity contribution in [1.82, 2.24) is 4.72 Å². The normalized spacial score (nSPS) is 42.8.